The zero-order valence-corrected chi connectivity index (χ0v) is 10.4. The van der Waals surface area contributed by atoms with Gasteiger partial charge < -0.3 is 11.5 Å². The maximum atomic E-state index is 6.08. The molecule has 2 nitrogen and oxygen atoms in total. The van der Waals surface area contributed by atoms with Crippen LogP contribution in [0.15, 0.2) is 24.3 Å². The Hall–Kier alpha value is -0.860. The molecule has 0 amide bonds. The van der Waals surface area contributed by atoms with Gasteiger partial charge in [-0.05, 0) is 42.9 Å². The fourth-order valence-corrected chi connectivity index (χ4v) is 1.81. The van der Waals surface area contributed by atoms with Gasteiger partial charge in [0.15, 0.2) is 0 Å². The smallest absolute Gasteiger partial charge is 0.0295 e. The Morgan fingerprint density at radius 3 is 2.19 bits per heavy atom. The van der Waals surface area contributed by atoms with Crippen molar-refractivity contribution in [3.63, 3.8) is 0 Å². The third kappa shape index (κ3) is 3.62. The van der Waals surface area contributed by atoms with Crippen LogP contribution in [0.4, 0.5) is 0 Å². The second kappa shape index (κ2) is 6.66. The fraction of sp³-hybridized carbons (Fsp3) is 0.571. The molecule has 0 saturated heterocycles. The Labute approximate surface area is 99.0 Å². The quantitative estimate of drug-likeness (QED) is 0.774. The van der Waals surface area contributed by atoms with Crippen LogP contribution in [0, 0.1) is 0 Å². The van der Waals surface area contributed by atoms with Gasteiger partial charge in [-0.1, -0.05) is 38.1 Å². The molecule has 2 atom stereocenters. The zero-order valence-electron chi connectivity index (χ0n) is 10.4. The molecule has 0 aliphatic heterocycles. The summed E-state index contributed by atoms with van der Waals surface area (Å²) in [5, 5.41) is 0. The molecule has 0 aromatic heterocycles. The van der Waals surface area contributed by atoms with Gasteiger partial charge in [0.25, 0.3) is 0 Å². The van der Waals surface area contributed by atoms with Gasteiger partial charge in [-0.25, -0.2) is 0 Å². The predicted molar refractivity (Wildman–Crippen MR) is 70.4 cm³/mol. The predicted octanol–water partition coefficient (Wildman–Crippen LogP) is 2.94. The van der Waals surface area contributed by atoms with Crippen molar-refractivity contribution in [2.45, 2.75) is 45.1 Å². The summed E-state index contributed by atoms with van der Waals surface area (Å²) in [7, 11) is 0. The second-order valence-electron chi connectivity index (χ2n) is 4.51. The van der Waals surface area contributed by atoms with Gasteiger partial charge in [0.05, 0.1) is 0 Å². The molecule has 1 rings (SSSR count). The van der Waals surface area contributed by atoms with Crippen LogP contribution >= 0.6 is 0 Å². The topological polar surface area (TPSA) is 52.0 Å². The summed E-state index contributed by atoms with van der Waals surface area (Å²) in [6.07, 6.45) is 3.14. The van der Waals surface area contributed by atoms with Gasteiger partial charge in [0.1, 0.15) is 0 Å². The molecule has 16 heavy (non-hydrogen) atoms. The zero-order chi connectivity index (χ0) is 12.0. The molecule has 0 saturated carbocycles. The standard InChI is InChI=1S/C14H24N2/c1-3-11(2)12-6-8-13(9-7-12)14(16)5-4-10-15/h6-9,11,14H,3-5,10,15-16H2,1-2H3. The minimum absolute atomic E-state index is 0.134. The highest BCUT2D eigenvalue weighted by molar-refractivity contribution is 5.26. The maximum absolute atomic E-state index is 6.08. The van der Waals surface area contributed by atoms with Gasteiger partial charge in [-0.2, -0.15) is 0 Å². The van der Waals surface area contributed by atoms with E-state index < -0.39 is 0 Å². The van der Waals surface area contributed by atoms with Gasteiger partial charge >= 0.3 is 0 Å². The highest BCUT2D eigenvalue weighted by Crippen LogP contribution is 2.22. The molecule has 1 aromatic rings. The molecule has 2 unspecified atom stereocenters. The highest BCUT2D eigenvalue weighted by atomic mass is 14.6. The Kier molecular flexibility index (Phi) is 5.50. The maximum Gasteiger partial charge on any atom is 0.0295 e. The monoisotopic (exact) mass is 220 g/mol. The van der Waals surface area contributed by atoms with E-state index in [4.69, 9.17) is 11.5 Å². The largest absolute Gasteiger partial charge is 0.330 e. The first-order valence-electron chi connectivity index (χ1n) is 6.24. The van der Waals surface area contributed by atoms with Crippen LogP contribution in [0.1, 0.15) is 56.2 Å². The number of rotatable bonds is 6. The summed E-state index contributed by atoms with van der Waals surface area (Å²) in [5.41, 5.74) is 14.2. The molecule has 0 bridgehead atoms. The van der Waals surface area contributed by atoms with Crippen LogP contribution in [-0.2, 0) is 0 Å². The molecular weight excluding hydrogens is 196 g/mol. The summed E-state index contributed by atoms with van der Waals surface area (Å²) < 4.78 is 0. The molecular formula is C14H24N2. The van der Waals surface area contributed by atoms with Crippen molar-refractivity contribution in [3.05, 3.63) is 35.4 Å². The van der Waals surface area contributed by atoms with Crippen LogP contribution < -0.4 is 11.5 Å². The van der Waals surface area contributed by atoms with Crippen LogP contribution in [0.3, 0.4) is 0 Å². The van der Waals surface area contributed by atoms with Crippen molar-refractivity contribution in [2.75, 3.05) is 6.54 Å². The normalized spacial score (nSPS) is 14.8. The van der Waals surface area contributed by atoms with Crippen LogP contribution in [0.25, 0.3) is 0 Å². The minimum Gasteiger partial charge on any atom is -0.330 e. The van der Waals surface area contributed by atoms with E-state index in [1.807, 2.05) is 0 Å². The van der Waals surface area contributed by atoms with Crippen LogP contribution in [-0.4, -0.2) is 6.54 Å². The lowest BCUT2D eigenvalue weighted by Gasteiger charge is -2.14. The average molecular weight is 220 g/mol. The summed E-state index contributed by atoms with van der Waals surface area (Å²) in [5.74, 6) is 0.634. The molecule has 2 heteroatoms. The van der Waals surface area contributed by atoms with E-state index in [0.717, 1.165) is 19.4 Å². The lowest BCUT2D eigenvalue weighted by molar-refractivity contribution is 0.617. The molecule has 0 radical (unpaired) electrons. The first-order valence-corrected chi connectivity index (χ1v) is 6.24. The van der Waals surface area contributed by atoms with E-state index in [1.54, 1.807) is 0 Å². The van der Waals surface area contributed by atoms with Crippen molar-refractivity contribution in [2.24, 2.45) is 11.5 Å². The molecule has 4 N–H and O–H groups in total. The second-order valence-corrected chi connectivity index (χ2v) is 4.51. The van der Waals surface area contributed by atoms with Gasteiger partial charge in [0.2, 0.25) is 0 Å². The van der Waals surface area contributed by atoms with Crippen molar-refractivity contribution < 1.29 is 0 Å². The number of hydrogen-bond acceptors (Lipinski definition) is 2. The first kappa shape index (κ1) is 13.2. The SMILES string of the molecule is CCC(C)c1ccc(C(N)CCCN)cc1. The lowest BCUT2D eigenvalue weighted by atomic mass is 9.95. The summed E-state index contributed by atoms with van der Waals surface area (Å²) in [4.78, 5) is 0. The third-order valence-electron chi connectivity index (χ3n) is 3.27. The van der Waals surface area contributed by atoms with Gasteiger partial charge in [-0.15, -0.1) is 0 Å². The van der Waals surface area contributed by atoms with E-state index in [1.165, 1.54) is 17.5 Å². The van der Waals surface area contributed by atoms with E-state index in [0.29, 0.717) is 5.92 Å². The van der Waals surface area contributed by atoms with E-state index in [2.05, 4.69) is 38.1 Å². The van der Waals surface area contributed by atoms with Crippen molar-refractivity contribution in [3.8, 4) is 0 Å². The van der Waals surface area contributed by atoms with Crippen molar-refractivity contribution in [1.82, 2.24) is 0 Å². The third-order valence-corrected chi connectivity index (χ3v) is 3.27. The Morgan fingerprint density at radius 1 is 1.12 bits per heavy atom. The molecule has 0 fully saturated rings. The van der Waals surface area contributed by atoms with E-state index >= 15 is 0 Å². The average Bonchev–Trinajstić information content (AvgIpc) is 2.35. The number of hydrogen-bond donors (Lipinski definition) is 2. The van der Waals surface area contributed by atoms with Crippen LogP contribution in [0.2, 0.25) is 0 Å². The lowest BCUT2D eigenvalue weighted by Crippen LogP contribution is -2.12. The molecule has 0 aliphatic rings. The number of nitrogens with two attached hydrogens (primary N) is 2. The van der Waals surface area contributed by atoms with Crippen LogP contribution in [0.5, 0.6) is 0 Å². The molecule has 0 spiro atoms. The van der Waals surface area contributed by atoms with E-state index in [9.17, 15) is 0 Å². The molecule has 90 valence electrons. The Morgan fingerprint density at radius 2 is 1.69 bits per heavy atom. The summed E-state index contributed by atoms with van der Waals surface area (Å²) >= 11 is 0. The van der Waals surface area contributed by atoms with Crippen molar-refractivity contribution >= 4 is 0 Å². The molecule has 0 heterocycles. The summed E-state index contributed by atoms with van der Waals surface area (Å²) in [6.45, 7) is 5.19. The molecule has 1 aromatic carbocycles. The van der Waals surface area contributed by atoms with Crippen molar-refractivity contribution in [1.29, 1.82) is 0 Å². The number of benzene rings is 1. The minimum atomic E-state index is 0.134. The van der Waals surface area contributed by atoms with Gasteiger partial charge in [0, 0.05) is 6.04 Å². The fourth-order valence-electron chi connectivity index (χ4n) is 1.81. The summed E-state index contributed by atoms with van der Waals surface area (Å²) in [6, 6.07) is 8.85. The van der Waals surface area contributed by atoms with Gasteiger partial charge in [-0.3, -0.25) is 0 Å². The Balaban J connectivity index is 2.63. The Bertz CT molecular complexity index is 292. The molecule has 0 aliphatic carbocycles. The van der Waals surface area contributed by atoms with E-state index in [-0.39, 0.29) is 6.04 Å². The first-order chi connectivity index (χ1) is 7.69. The highest BCUT2D eigenvalue weighted by Gasteiger charge is 2.07.